The van der Waals surface area contributed by atoms with Crippen LogP contribution in [0.2, 0.25) is 0 Å². The van der Waals surface area contributed by atoms with E-state index in [1.165, 1.54) is 25.2 Å². The Morgan fingerprint density at radius 3 is 0.893 bits per heavy atom. The van der Waals surface area contributed by atoms with Gasteiger partial charge in [0.05, 0.1) is 0 Å². The third kappa shape index (κ3) is 7.52. The lowest BCUT2D eigenvalue weighted by molar-refractivity contribution is 0.160. The molecule has 168 valence electrons. The van der Waals surface area contributed by atoms with Crippen molar-refractivity contribution in [3.05, 3.63) is 0 Å². The van der Waals surface area contributed by atoms with Gasteiger partial charge in [-0.15, -0.1) is 0 Å². The highest BCUT2D eigenvalue weighted by molar-refractivity contribution is 7.61. The Labute approximate surface area is 182 Å². The largest absolute Gasteiger partial charge is 0.0954 e. The van der Waals surface area contributed by atoms with Crippen LogP contribution in [0.5, 0.6) is 0 Å². The smallest absolute Gasteiger partial charge is 0.0175 e. The monoisotopic (exact) mass is 428 g/mol. The summed E-state index contributed by atoms with van der Waals surface area (Å²) in [6, 6.07) is 0. The van der Waals surface area contributed by atoms with Crippen LogP contribution < -0.4 is 0 Å². The Bertz CT molecular complexity index is 407. The third-order valence-electron chi connectivity index (χ3n) is 7.06. The van der Waals surface area contributed by atoms with Gasteiger partial charge in [0.25, 0.3) is 0 Å². The molecule has 0 aromatic heterocycles. The molecule has 0 aromatic rings. The van der Waals surface area contributed by atoms with E-state index in [-0.39, 0.29) is 15.8 Å². The van der Waals surface area contributed by atoms with Gasteiger partial charge in [-0.1, -0.05) is 113 Å². The number of rotatable bonds is 4. The van der Waals surface area contributed by atoms with Crippen LogP contribution in [-0.2, 0) is 0 Å². The zero-order valence-electron chi connectivity index (χ0n) is 22.0. The quantitative estimate of drug-likeness (QED) is 0.391. The fraction of sp³-hybridized carbons (Fsp3) is 1.00. The molecule has 0 amide bonds. The average Bonchev–Trinajstić information content (AvgIpc) is 2.41. The van der Waals surface area contributed by atoms with Crippen LogP contribution in [0.25, 0.3) is 0 Å². The van der Waals surface area contributed by atoms with E-state index in [2.05, 4.69) is 96.9 Å². The molecule has 0 aliphatic heterocycles. The molecule has 0 nitrogen and oxygen atoms in total. The fourth-order valence-corrected chi connectivity index (χ4v) is 13.9. The van der Waals surface area contributed by atoms with Crippen molar-refractivity contribution in [2.24, 2.45) is 23.7 Å². The summed E-state index contributed by atoms with van der Waals surface area (Å²) in [5.74, 6) is 3.66. The third-order valence-corrected chi connectivity index (χ3v) is 15.2. The van der Waals surface area contributed by atoms with Crippen molar-refractivity contribution in [1.29, 1.82) is 0 Å². The predicted molar refractivity (Wildman–Crippen MR) is 137 cm³/mol. The highest BCUT2D eigenvalue weighted by atomic mass is 31.1. The Morgan fingerprint density at radius 1 is 0.500 bits per heavy atom. The van der Waals surface area contributed by atoms with Gasteiger partial charge in [-0.2, -0.15) is 0 Å². The van der Waals surface area contributed by atoms with Gasteiger partial charge >= 0.3 is 0 Å². The highest BCUT2D eigenvalue weighted by Crippen LogP contribution is 2.65. The first-order valence-corrected chi connectivity index (χ1v) is 14.9. The van der Waals surface area contributed by atoms with Crippen LogP contribution in [0.15, 0.2) is 0 Å². The maximum Gasteiger partial charge on any atom is -0.0175 e. The summed E-state index contributed by atoms with van der Waals surface area (Å²) in [7, 11) is 0.000932. The van der Waals surface area contributed by atoms with Gasteiger partial charge in [-0.3, -0.25) is 0 Å². The van der Waals surface area contributed by atoms with Crippen molar-refractivity contribution in [3.8, 4) is 0 Å². The maximum absolute atomic E-state index is 2.53. The zero-order valence-corrected chi connectivity index (χ0v) is 23.8. The molecule has 2 unspecified atom stereocenters. The molecule has 0 spiro atoms. The Balaban J connectivity index is 3.18. The van der Waals surface area contributed by atoms with Gasteiger partial charge in [0.1, 0.15) is 0 Å². The molecule has 1 aliphatic rings. The van der Waals surface area contributed by atoms with Crippen LogP contribution in [0.1, 0.15) is 110 Å². The molecule has 1 aliphatic carbocycles. The molecule has 0 N–H and O–H groups in total. The molecule has 0 bridgehead atoms. The lowest BCUT2D eigenvalue weighted by Crippen LogP contribution is -2.38. The van der Waals surface area contributed by atoms with Crippen LogP contribution in [0, 0.1) is 23.7 Å². The first-order valence-electron chi connectivity index (χ1n) is 11.8. The summed E-state index contributed by atoms with van der Waals surface area (Å²) < 4.78 is 0. The molecule has 1 fully saturated rings. The van der Waals surface area contributed by atoms with Crippen LogP contribution in [0.3, 0.4) is 0 Å². The molecular weight excluding hydrogens is 374 g/mol. The Hall–Kier alpha value is 0.860. The summed E-state index contributed by atoms with van der Waals surface area (Å²) in [6.07, 6.45) is 5.91. The second-order valence-corrected chi connectivity index (χ2v) is 21.7. The first-order chi connectivity index (χ1) is 12.2. The van der Waals surface area contributed by atoms with Crippen molar-refractivity contribution < 1.29 is 0 Å². The highest BCUT2D eigenvalue weighted by Gasteiger charge is 2.43. The second-order valence-electron chi connectivity index (χ2n) is 13.9. The predicted octanol–water partition coefficient (Wildman–Crippen LogP) is 9.44. The SMILES string of the molecule is CC1C[C@H](CP(C(C)(C)C)C(C)(C)C)[C@H](CP(C(C)(C)C)C(C)(C)C)CC1C. The zero-order chi connectivity index (χ0) is 22.3. The van der Waals surface area contributed by atoms with E-state index < -0.39 is 0 Å². The van der Waals surface area contributed by atoms with Crippen molar-refractivity contribution in [3.63, 3.8) is 0 Å². The molecule has 0 saturated heterocycles. The molecule has 1 rings (SSSR count). The minimum atomic E-state index is 0.000466. The van der Waals surface area contributed by atoms with E-state index in [1.54, 1.807) is 0 Å². The summed E-state index contributed by atoms with van der Waals surface area (Å²) in [4.78, 5) is 0. The van der Waals surface area contributed by atoms with E-state index in [0.29, 0.717) is 20.6 Å². The average molecular weight is 429 g/mol. The van der Waals surface area contributed by atoms with Crippen LogP contribution in [0.4, 0.5) is 0 Å². The van der Waals surface area contributed by atoms with Crippen LogP contribution in [-0.4, -0.2) is 32.9 Å². The summed E-state index contributed by atoms with van der Waals surface area (Å²) >= 11 is 0. The van der Waals surface area contributed by atoms with Gasteiger partial charge in [-0.05, 0) is 69.5 Å². The van der Waals surface area contributed by atoms with Crippen molar-refractivity contribution in [2.45, 2.75) is 130 Å². The molecular formula is C26H54P2. The van der Waals surface area contributed by atoms with Crippen molar-refractivity contribution in [2.75, 3.05) is 12.3 Å². The van der Waals surface area contributed by atoms with E-state index >= 15 is 0 Å². The van der Waals surface area contributed by atoms with Crippen molar-refractivity contribution >= 4 is 15.8 Å². The maximum atomic E-state index is 2.53. The Kier molecular flexibility index (Phi) is 8.79. The number of hydrogen-bond donors (Lipinski definition) is 0. The van der Waals surface area contributed by atoms with E-state index in [0.717, 1.165) is 23.7 Å². The lowest BCUT2D eigenvalue weighted by atomic mass is 9.71. The summed E-state index contributed by atoms with van der Waals surface area (Å²) in [6.45, 7) is 35.1. The van der Waals surface area contributed by atoms with Gasteiger partial charge in [0, 0.05) is 0 Å². The molecule has 0 aromatic carbocycles. The molecule has 1 saturated carbocycles. The minimum Gasteiger partial charge on any atom is -0.0954 e. The molecule has 2 heteroatoms. The van der Waals surface area contributed by atoms with Crippen molar-refractivity contribution in [1.82, 2.24) is 0 Å². The van der Waals surface area contributed by atoms with E-state index in [1.807, 2.05) is 0 Å². The Morgan fingerprint density at radius 2 is 0.714 bits per heavy atom. The summed E-state index contributed by atoms with van der Waals surface area (Å²) in [5, 5.41) is 1.79. The normalized spacial score (nSPS) is 28.3. The van der Waals surface area contributed by atoms with Gasteiger partial charge in [-0.25, -0.2) is 0 Å². The fourth-order valence-electron chi connectivity index (χ4n) is 5.83. The second kappa shape index (κ2) is 9.15. The summed E-state index contributed by atoms with van der Waals surface area (Å²) in [5.41, 5.74) is 0. The van der Waals surface area contributed by atoms with Gasteiger partial charge < -0.3 is 0 Å². The number of hydrogen-bond acceptors (Lipinski definition) is 0. The molecule has 0 radical (unpaired) electrons. The van der Waals surface area contributed by atoms with E-state index in [4.69, 9.17) is 0 Å². The first kappa shape index (κ1) is 26.9. The van der Waals surface area contributed by atoms with Gasteiger partial charge in [0.15, 0.2) is 0 Å². The molecule has 0 heterocycles. The topological polar surface area (TPSA) is 0 Å². The molecule has 4 atom stereocenters. The lowest BCUT2D eigenvalue weighted by Gasteiger charge is -2.50. The molecule has 28 heavy (non-hydrogen) atoms. The standard InChI is InChI=1S/C26H54P2/c1-19-15-21(17-27(23(3,4)5)24(6,7)8)22(16-20(19)2)18-28(25(9,10)11)26(12,13)14/h19-22H,15-18H2,1-14H3/t19?,20?,21-,22+. The minimum absolute atomic E-state index is 0.000466. The van der Waals surface area contributed by atoms with Gasteiger partial charge in [0.2, 0.25) is 0 Å². The van der Waals surface area contributed by atoms with Crippen LogP contribution >= 0.6 is 15.8 Å². The van der Waals surface area contributed by atoms with E-state index in [9.17, 15) is 0 Å².